The van der Waals surface area contributed by atoms with Crippen molar-refractivity contribution in [3.8, 4) is 5.88 Å². The van der Waals surface area contributed by atoms with Gasteiger partial charge in [0, 0.05) is 17.9 Å². The van der Waals surface area contributed by atoms with E-state index in [4.69, 9.17) is 9.47 Å². The van der Waals surface area contributed by atoms with E-state index in [1.165, 1.54) is 7.11 Å². The molecule has 3 unspecified atom stereocenters. The van der Waals surface area contributed by atoms with Gasteiger partial charge in [0.1, 0.15) is 0 Å². The Morgan fingerprint density at radius 2 is 2.21 bits per heavy atom. The molecule has 0 amide bonds. The number of ether oxygens (including phenoxy) is 2. The molecule has 2 bridgehead atoms. The molecule has 1 aromatic heterocycles. The minimum absolute atomic E-state index is 0.105. The summed E-state index contributed by atoms with van der Waals surface area (Å²) in [7, 11) is 2.87. The summed E-state index contributed by atoms with van der Waals surface area (Å²) in [5, 5.41) is 0. The number of aromatic nitrogens is 1. The Balaban J connectivity index is 2.32. The molecule has 3 atom stereocenters. The van der Waals surface area contributed by atoms with E-state index in [0.29, 0.717) is 24.3 Å². The molecule has 0 N–H and O–H groups in total. The van der Waals surface area contributed by atoms with Gasteiger partial charge < -0.3 is 9.47 Å². The summed E-state index contributed by atoms with van der Waals surface area (Å²) in [5.74, 6) is -0.700. The first-order valence-corrected chi connectivity index (χ1v) is 7.96. The fourth-order valence-electron chi connectivity index (χ4n) is 4.04. The number of hydrogen-bond donors (Lipinski definition) is 0. The highest BCUT2D eigenvalue weighted by Gasteiger charge is 2.59. The number of carbonyl (C=O) groups is 2. The van der Waals surface area contributed by atoms with E-state index in [1.807, 2.05) is 13.0 Å². The van der Waals surface area contributed by atoms with Gasteiger partial charge in [0.2, 0.25) is 5.88 Å². The quantitative estimate of drug-likeness (QED) is 0.483. The smallest absolute Gasteiger partial charge is 0.324 e. The SMILES string of the molecule is C=CCC1c2nc(OC)ccc2C2(C(=O)OC)CC(C)=CC1C2=O. The van der Waals surface area contributed by atoms with Crippen LogP contribution in [0.4, 0.5) is 0 Å². The molecular weight excluding hydrogens is 306 g/mol. The first-order chi connectivity index (χ1) is 11.5. The molecule has 3 rings (SSSR count). The van der Waals surface area contributed by atoms with Gasteiger partial charge >= 0.3 is 5.97 Å². The number of nitrogens with zero attached hydrogens (tertiary/aromatic N) is 1. The standard InChI is InChI=1S/C19H21NO4/c1-5-6-12-13-9-11(2)10-19(17(13)21,18(22)24-4)14-7-8-15(23-3)20-16(12)14/h5,7-9,12-13H,1,6,10H2,2-4H3. The maximum absolute atomic E-state index is 13.2. The third-order valence-electron chi connectivity index (χ3n) is 5.04. The fraction of sp³-hybridized carbons (Fsp3) is 0.421. The molecule has 24 heavy (non-hydrogen) atoms. The summed E-state index contributed by atoms with van der Waals surface area (Å²) >= 11 is 0. The summed E-state index contributed by atoms with van der Waals surface area (Å²) in [6.45, 7) is 5.75. The van der Waals surface area contributed by atoms with Crippen LogP contribution in [0.5, 0.6) is 5.88 Å². The van der Waals surface area contributed by atoms with Gasteiger partial charge in [0.05, 0.1) is 19.9 Å². The van der Waals surface area contributed by atoms with Gasteiger partial charge in [0.25, 0.3) is 0 Å². The molecular formula is C19H21NO4. The monoisotopic (exact) mass is 327 g/mol. The molecule has 0 saturated heterocycles. The normalized spacial score (nSPS) is 27.8. The predicted molar refractivity (Wildman–Crippen MR) is 88.9 cm³/mol. The van der Waals surface area contributed by atoms with Crippen molar-refractivity contribution in [3.05, 3.63) is 47.7 Å². The second kappa shape index (κ2) is 5.89. The maximum atomic E-state index is 13.2. The summed E-state index contributed by atoms with van der Waals surface area (Å²) < 4.78 is 10.3. The van der Waals surface area contributed by atoms with Crippen LogP contribution in [0.25, 0.3) is 0 Å². The summed E-state index contributed by atoms with van der Waals surface area (Å²) in [5.41, 5.74) is 1.08. The first-order valence-electron chi connectivity index (χ1n) is 7.96. The lowest BCUT2D eigenvalue weighted by molar-refractivity contribution is -0.154. The topological polar surface area (TPSA) is 65.5 Å². The van der Waals surface area contributed by atoms with Crippen molar-refractivity contribution in [1.82, 2.24) is 4.98 Å². The third kappa shape index (κ3) is 2.11. The zero-order valence-electron chi connectivity index (χ0n) is 14.2. The van der Waals surface area contributed by atoms with Crippen LogP contribution in [0.3, 0.4) is 0 Å². The van der Waals surface area contributed by atoms with Crippen molar-refractivity contribution < 1.29 is 19.1 Å². The van der Waals surface area contributed by atoms with E-state index in [0.717, 1.165) is 11.3 Å². The van der Waals surface area contributed by atoms with Gasteiger partial charge in [-0.1, -0.05) is 23.8 Å². The molecule has 5 heteroatoms. The minimum atomic E-state index is -1.30. The highest BCUT2D eigenvalue weighted by molar-refractivity contribution is 6.13. The Bertz CT molecular complexity index is 752. The summed E-state index contributed by atoms with van der Waals surface area (Å²) in [6.07, 6.45) is 4.68. The van der Waals surface area contributed by atoms with Crippen LogP contribution in [0.15, 0.2) is 36.4 Å². The average molecular weight is 327 g/mol. The van der Waals surface area contributed by atoms with Crippen LogP contribution in [0.1, 0.15) is 36.9 Å². The number of hydrogen-bond acceptors (Lipinski definition) is 5. The Kier molecular flexibility index (Phi) is 4.03. The van der Waals surface area contributed by atoms with Crippen molar-refractivity contribution in [3.63, 3.8) is 0 Å². The Morgan fingerprint density at radius 1 is 1.46 bits per heavy atom. The van der Waals surface area contributed by atoms with E-state index >= 15 is 0 Å². The Hall–Kier alpha value is -2.43. The highest BCUT2D eigenvalue weighted by atomic mass is 16.5. The Morgan fingerprint density at radius 3 is 2.83 bits per heavy atom. The number of methoxy groups -OCH3 is 2. The minimum Gasteiger partial charge on any atom is -0.481 e. The second-order valence-electron chi connectivity index (χ2n) is 6.39. The van der Waals surface area contributed by atoms with Crippen LogP contribution >= 0.6 is 0 Å². The van der Waals surface area contributed by atoms with Crippen molar-refractivity contribution in [1.29, 1.82) is 0 Å². The largest absolute Gasteiger partial charge is 0.481 e. The summed E-state index contributed by atoms with van der Waals surface area (Å²) in [6, 6.07) is 3.47. The zero-order chi connectivity index (χ0) is 17.5. The van der Waals surface area contributed by atoms with Crippen LogP contribution in [0, 0.1) is 5.92 Å². The molecule has 0 aliphatic heterocycles. The predicted octanol–water partition coefficient (Wildman–Crippen LogP) is 2.71. The first kappa shape index (κ1) is 16.4. The molecule has 0 fully saturated rings. The molecule has 0 radical (unpaired) electrons. The van der Waals surface area contributed by atoms with E-state index in [9.17, 15) is 9.59 Å². The van der Waals surface area contributed by atoms with Gasteiger partial charge in [-0.3, -0.25) is 9.59 Å². The molecule has 1 aromatic rings. The molecule has 1 heterocycles. The number of rotatable bonds is 4. The number of esters is 1. The third-order valence-corrected chi connectivity index (χ3v) is 5.04. The number of ketones is 1. The summed E-state index contributed by atoms with van der Waals surface area (Å²) in [4.78, 5) is 30.5. The molecule has 2 aliphatic rings. The van der Waals surface area contributed by atoms with Crippen LogP contribution in [0.2, 0.25) is 0 Å². The zero-order valence-corrected chi connectivity index (χ0v) is 14.2. The van der Waals surface area contributed by atoms with E-state index in [-0.39, 0.29) is 11.7 Å². The van der Waals surface area contributed by atoms with Crippen molar-refractivity contribution in [2.75, 3.05) is 14.2 Å². The van der Waals surface area contributed by atoms with Crippen LogP contribution in [-0.4, -0.2) is 31.0 Å². The molecule has 2 aliphatic carbocycles. The van der Waals surface area contributed by atoms with Gasteiger partial charge in [-0.25, -0.2) is 4.98 Å². The maximum Gasteiger partial charge on any atom is 0.324 e. The van der Waals surface area contributed by atoms with E-state index in [1.54, 1.807) is 25.3 Å². The van der Waals surface area contributed by atoms with E-state index < -0.39 is 17.3 Å². The highest BCUT2D eigenvalue weighted by Crippen LogP contribution is 2.52. The van der Waals surface area contributed by atoms with Crippen molar-refractivity contribution in [2.45, 2.75) is 31.1 Å². The van der Waals surface area contributed by atoms with Gasteiger partial charge in [-0.05, 0) is 25.3 Å². The number of fused-ring (bicyclic) bond motifs is 4. The van der Waals surface area contributed by atoms with Crippen LogP contribution in [-0.2, 0) is 19.7 Å². The fourth-order valence-corrected chi connectivity index (χ4v) is 4.04. The molecule has 0 aromatic carbocycles. The van der Waals surface area contributed by atoms with Crippen LogP contribution < -0.4 is 4.74 Å². The lowest BCUT2D eigenvalue weighted by Crippen LogP contribution is -2.54. The number of pyridine rings is 1. The van der Waals surface area contributed by atoms with Gasteiger partial charge in [0.15, 0.2) is 11.2 Å². The number of Topliss-reactive ketones (excluding diaryl/α,β-unsaturated/α-hetero) is 1. The Labute approximate surface area is 141 Å². The molecule has 0 spiro atoms. The van der Waals surface area contributed by atoms with E-state index in [2.05, 4.69) is 11.6 Å². The van der Waals surface area contributed by atoms with Gasteiger partial charge in [-0.15, -0.1) is 6.58 Å². The van der Waals surface area contributed by atoms with Gasteiger partial charge in [-0.2, -0.15) is 0 Å². The lowest BCUT2D eigenvalue weighted by Gasteiger charge is -2.44. The number of allylic oxidation sites excluding steroid dienone is 3. The van der Waals surface area contributed by atoms with Crippen molar-refractivity contribution >= 4 is 11.8 Å². The van der Waals surface area contributed by atoms with Crippen molar-refractivity contribution in [2.24, 2.45) is 5.92 Å². The second-order valence-corrected chi connectivity index (χ2v) is 6.39. The molecule has 0 saturated carbocycles. The molecule has 5 nitrogen and oxygen atoms in total. The number of carbonyl (C=O) groups excluding carboxylic acids is 2. The molecule has 126 valence electrons. The lowest BCUT2D eigenvalue weighted by atomic mass is 9.56. The average Bonchev–Trinajstić information content (AvgIpc) is 2.59.